The normalized spacial score (nSPS) is 13.8. The number of rotatable bonds is 3. The van der Waals surface area contributed by atoms with E-state index in [1.165, 1.54) is 0 Å². The highest BCUT2D eigenvalue weighted by molar-refractivity contribution is 5.95. The minimum Gasteiger partial charge on any atom is -0.337 e. The molecule has 0 unspecified atom stereocenters. The van der Waals surface area contributed by atoms with Crippen LogP contribution < -0.4 is 4.90 Å². The molecular weight excluding hydrogens is 354 g/mol. The van der Waals surface area contributed by atoms with E-state index in [1.807, 2.05) is 35.2 Å². The summed E-state index contributed by atoms with van der Waals surface area (Å²) in [6.07, 6.45) is 3.39. The van der Waals surface area contributed by atoms with Crippen LogP contribution in [-0.4, -0.2) is 57.2 Å². The molecule has 1 amide bonds. The Labute approximate surface area is 162 Å². The Morgan fingerprint density at radius 1 is 0.964 bits per heavy atom. The quantitative estimate of drug-likeness (QED) is 0.692. The van der Waals surface area contributed by atoms with E-state index in [0.29, 0.717) is 37.8 Å². The van der Waals surface area contributed by atoms with Crippen LogP contribution in [0.5, 0.6) is 0 Å². The van der Waals surface area contributed by atoms with E-state index in [9.17, 15) is 10.1 Å². The molecule has 0 bridgehead atoms. The van der Waals surface area contributed by atoms with Crippen LogP contribution >= 0.6 is 0 Å². The summed E-state index contributed by atoms with van der Waals surface area (Å²) in [7, 11) is 0. The van der Waals surface area contributed by atoms with Crippen molar-refractivity contribution in [1.82, 2.24) is 25.1 Å². The van der Waals surface area contributed by atoms with Crippen LogP contribution in [0.3, 0.4) is 0 Å². The predicted octanol–water partition coefficient (Wildman–Crippen LogP) is 1.77. The van der Waals surface area contributed by atoms with Gasteiger partial charge in [0.15, 0.2) is 5.69 Å². The topological polar surface area (TPSA) is 98.9 Å². The molecule has 4 rings (SSSR count). The second kappa shape index (κ2) is 7.80. The third-order valence-corrected chi connectivity index (χ3v) is 4.59. The SMILES string of the molecule is N#Cc1cc(-c2ccccc2)nnc1C(=O)N1CCN(c2ncccn2)CC1. The number of piperazine rings is 1. The summed E-state index contributed by atoms with van der Waals surface area (Å²) in [5, 5.41) is 17.7. The van der Waals surface area contributed by atoms with Gasteiger partial charge in [0.1, 0.15) is 6.07 Å². The molecule has 0 N–H and O–H groups in total. The maximum absolute atomic E-state index is 12.9. The van der Waals surface area contributed by atoms with E-state index < -0.39 is 0 Å². The monoisotopic (exact) mass is 371 g/mol. The highest BCUT2D eigenvalue weighted by Gasteiger charge is 2.26. The number of nitrogens with zero attached hydrogens (tertiary/aromatic N) is 7. The number of hydrogen-bond acceptors (Lipinski definition) is 7. The fraction of sp³-hybridized carbons (Fsp3) is 0.200. The summed E-state index contributed by atoms with van der Waals surface area (Å²) in [6.45, 7) is 2.24. The van der Waals surface area contributed by atoms with Gasteiger partial charge in [0.25, 0.3) is 5.91 Å². The minimum absolute atomic E-state index is 0.0894. The largest absolute Gasteiger partial charge is 0.337 e. The number of aromatic nitrogens is 4. The fourth-order valence-electron chi connectivity index (χ4n) is 3.10. The van der Waals surface area contributed by atoms with Crippen molar-refractivity contribution in [2.45, 2.75) is 0 Å². The summed E-state index contributed by atoms with van der Waals surface area (Å²) in [6, 6.07) is 14.9. The van der Waals surface area contributed by atoms with Crippen LogP contribution in [0.1, 0.15) is 16.1 Å². The average Bonchev–Trinajstić information content (AvgIpc) is 2.79. The van der Waals surface area contributed by atoms with Crippen molar-refractivity contribution < 1.29 is 4.79 Å². The van der Waals surface area contributed by atoms with E-state index in [-0.39, 0.29) is 17.2 Å². The van der Waals surface area contributed by atoms with Crippen LogP contribution in [0.25, 0.3) is 11.3 Å². The maximum atomic E-state index is 12.9. The summed E-state index contributed by atoms with van der Waals surface area (Å²) >= 11 is 0. The highest BCUT2D eigenvalue weighted by Crippen LogP contribution is 2.19. The van der Waals surface area contributed by atoms with Crippen molar-refractivity contribution in [3.05, 3.63) is 66.1 Å². The molecule has 0 aliphatic carbocycles. The summed E-state index contributed by atoms with van der Waals surface area (Å²) in [4.78, 5) is 25.1. The molecule has 1 aliphatic rings. The fourth-order valence-corrected chi connectivity index (χ4v) is 3.10. The molecule has 0 spiro atoms. The summed E-state index contributed by atoms with van der Waals surface area (Å²) in [5.74, 6) is 0.372. The first-order chi connectivity index (χ1) is 13.8. The number of nitriles is 1. The number of amides is 1. The van der Waals surface area contributed by atoms with E-state index in [2.05, 4.69) is 26.2 Å². The summed E-state index contributed by atoms with van der Waals surface area (Å²) in [5.41, 5.74) is 1.74. The minimum atomic E-state index is -0.280. The van der Waals surface area contributed by atoms with Gasteiger partial charge in [-0.15, -0.1) is 10.2 Å². The van der Waals surface area contributed by atoms with Gasteiger partial charge in [-0.05, 0) is 12.1 Å². The van der Waals surface area contributed by atoms with Crippen LogP contribution in [0.2, 0.25) is 0 Å². The van der Waals surface area contributed by atoms with Gasteiger partial charge in [0.05, 0.1) is 11.3 Å². The smallest absolute Gasteiger partial charge is 0.275 e. The third-order valence-electron chi connectivity index (χ3n) is 4.59. The Hall–Kier alpha value is -3.86. The third kappa shape index (κ3) is 3.50. The maximum Gasteiger partial charge on any atom is 0.275 e. The molecule has 1 saturated heterocycles. The van der Waals surface area contributed by atoms with Gasteiger partial charge in [-0.3, -0.25) is 4.79 Å². The van der Waals surface area contributed by atoms with E-state index in [0.717, 1.165) is 5.56 Å². The van der Waals surface area contributed by atoms with Gasteiger partial charge in [-0.1, -0.05) is 30.3 Å². The number of carbonyl (C=O) groups is 1. The van der Waals surface area contributed by atoms with E-state index in [1.54, 1.807) is 29.4 Å². The van der Waals surface area contributed by atoms with Gasteiger partial charge in [-0.2, -0.15) is 5.26 Å². The van der Waals surface area contributed by atoms with Crippen LogP contribution in [-0.2, 0) is 0 Å². The van der Waals surface area contributed by atoms with Crippen molar-refractivity contribution in [2.24, 2.45) is 0 Å². The Morgan fingerprint density at radius 2 is 1.68 bits per heavy atom. The van der Waals surface area contributed by atoms with Crippen molar-refractivity contribution in [1.29, 1.82) is 5.26 Å². The molecular formula is C20H17N7O. The van der Waals surface area contributed by atoms with E-state index in [4.69, 9.17) is 0 Å². The zero-order chi connectivity index (χ0) is 19.3. The van der Waals surface area contributed by atoms with Gasteiger partial charge >= 0.3 is 0 Å². The van der Waals surface area contributed by atoms with Crippen LogP contribution in [0.15, 0.2) is 54.9 Å². The second-order valence-corrected chi connectivity index (χ2v) is 6.30. The standard InChI is InChI=1S/C20H17N7O/c21-14-16-13-17(15-5-2-1-3-6-15)24-25-18(16)19(28)26-9-11-27(12-10-26)20-22-7-4-8-23-20/h1-8,13H,9-12H2. The zero-order valence-corrected chi connectivity index (χ0v) is 15.1. The first kappa shape index (κ1) is 17.5. The predicted molar refractivity (Wildman–Crippen MR) is 102 cm³/mol. The lowest BCUT2D eigenvalue weighted by molar-refractivity contribution is 0.0739. The molecule has 8 heteroatoms. The van der Waals surface area contributed by atoms with Crippen molar-refractivity contribution >= 4 is 11.9 Å². The highest BCUT2D eigenvalue weighted by atomic mass is 16.2. The molecule has 1 aromatic carbocycles. The molecule has 138 valence electrons. The first-order valence-corrected chi connectivity index (χ1v) is 8.91. The van der Waals surface area contributed by atoms with Crippen LogP contribution in [0.4, 0.5) is 5.95 Å². The summed E-state index contributed by atoms with van der Waals surface area (Å²) < 4.78 is 0. The Bertz CT molecular complexity index is 1010. The lowest BCUT2D eigenvalue weighted by atomic mass is 10.1. The molecule has 3 aromatic rings. The zero-order valence-electron chi connectivity index (χ0n) is 15.1. The van der Waals surface area contributed by atoms with Crippen molar-refractivity contribution in [3.63, 3.8) is 0 Å². The van der Waals surface area contributed by atoms with E-state index >= 15 is 0 Å². The lowest BCUT2D eigenvalue weighted by Crippen LogP contribution is -2.49. The molecule has 0 atom stereocenters. The number of benzene rings is 1. The number of anilines is 1. The Morgan fingerprint density at radius 3 is 2.36 bits per heavy atom. The molecule has 2 aromatic heterocycles. The molecule has 1 fully saturated rings. The average molecular weight is 371 g/mol. The molecule has 0 saturated carbocycles. The first-order valence-electron chi connectivity index (χ1n) is 8.91. The molecule has 3 heterocycles. The lowest BCUT2D eigenvalue weighted by Gasteiger charge is -2.34. The van der Waals surface area contributed by atoms with Gasteiger partial charge in [-0.25, -0.2) is 9.97 Å². The molecule has 1 aliphatic heterocycles. The number of carbonyl (C=O) groups excluding carboxylic acids is 1. The van der Waals surface area contributed by atoms with Crippen LogP contribution in [0, 0.1) is 11.3 Å². The Balaban J connectivity index is 1.50. The van der Waals surface area contributed by atoms with Gasteiger partial charge in [0.2, 0.25) is 5.95 Å². The van der Waals surface area contributed by atoms with Crippen molar-refractivity contribution in [2.75, 3.05) is 31.1 Å². The molecule has 28 heavy (non-hydrogen) atoms. The van der Waals surface area contributed by atoms with Gasteiger partial charge < -0.3 is 9.80 Å². The van der Waals surface area contributed by atoms with Gasteiger partial charge in [0, 0.05) is 44.1 Å². The molecule has 8 nitrogen and oxygen atoms in total. The van der Waals surface area contributed by atoms with Crippen molar-refractivity contribution in [3.8, 4) is 17.3 Å². The molecule has 0 radical (unpaired) electrons. The number of hydrogen-bond donors (Lipinski definition) is 0. The second-order valence-electron chi connectivity index (χ2n) is 6.30. The Kier molecular flexibility index (Phi) is 4.89.